The molecule has 3 aromatic heterocycles. The Hall–Kier alpha value is -2.04. The average Bonchev–Trinajstić information content (AvgIpc) is 3.33. The van der Waals surface area contributed by atoms with Gasteiger partial charge in [-0.2, -0.15) is 9.61 Å². The van der Waals surface area contributed by atoms with Gasteiger partial charge in [0.25, 0.3) is 5.56 Å². The molecule has 10 heteroatoms. The Morgan fingerprint density at radius 1 is 1.41 bits per heavy atom. The van der Waals surface area contributed by atoms with Crippen LogP contribution in [0.4, 0.5) is 0 Å². The Morgan fingerprint density at radius 2 is 2.26 bits per heavy atom. The van der Waals surface area contributed by atoms with Crippen LogP contribution in [-0.4, -0.2) is 45.5 Å². The molecule has 4 heterocycles. The van der Waals surface area contributed by atoms with Crippen LogP contribution >= 0.6 is 11.3 Å². The number of rotatable bonds is 6. The molecule has 1 atom stereocenters. The van der Waals surface area contributed by atoms with Crippen LogP contribution in [0, 0.1) is 0 Å². The molecule has 1 aliphatic rings. The molecule has 0 saturated carbocycles. The Labute approximate surface area is 160 Å². The van der Waals surface area contributed by atoms with E-state index in [9.17, 15) is 13.2 Å². The van der Waals surface area contributed by atoms with E-state index >= 15 is 0 Å². The van der Waals surface area contributed by atoms with E-state index in [1.165, 1.54) is 21.9 Å². The van der Waals surface area contributed by atoms with Gasteiger partial charge in [0.2, 0.25) is 4.96 Å². The van der Waals surface area contributed by atoms with Crippen molar-refractivity contribution in [2.45, 2.75) is 38.9 Å². The Balaban J connectivity index is 1.64. The van der Waals surface area contributed by atoms with Crippen LogP contribution in [0.25, 0.3) is 4.96 Å². The molecule has 0 bridgehead atoms. The minimum Gasteiger partial charge on any atom is -0.468 e. The molecule has 0 aromatic carbocycles. The molecular formula is C17H20N4O4S2. The number of aryl methyl sites for hydroxylation is 1. The zero-order valence-corrected chi connectivity index (χ0v) is 16.5. The summed E-state index contributed by atoms with van der Waals surface area (Å²) in [4.78, 5) is 19.6. The third kappa shape index (κ3) is 3.97. The van der Waals surface area contributed by atoms with Crippen molar-refractivity contribution in [3.63, 3.8) is 0 Å². The minimum absolute atomic E-state index is 0.118. The van der Waals surface area contributed by atoms with Crippen molar-refractivity contribution in [3.05, 3.63) is 51.3 Å². The second-order valence-corrected chi connectivity index (χ2v) is 9.94. The van der Waals surface area contributed by atoms with E-state index < -0.39 is 9.84 Å². The quantitative estimate of drug-likeness (QED) is 0.609. The molecule has 0 unspecified atom stereocenters. The molecular weight excluding hydrogens is 388 g/mol. The lowest BCUT2D eigenvalue weighted by molar-refractivity contribution is 0.177. The maximum absolute atomic E-state index is 12.4. The summed E-state index contributed by atoms with van der Waals surface area (Å²) < 4.78 is 30.6. The van der Waals surface area contributed by atoms with Crippen LogP contribution in [0.2, 0.25) is 0 Å². The monoisotopic (exact) mass is 408 g/mol. The fourth-order valence-corrected chi connectivity index (χ4v) is 5.93. The first-order valence-electron chi connectivity index (χ1n) is 8.79. The maximum atomic E-state index is 12.4. The van der Waals surface area contributed by atoms with Crippen molar-refractivity contribution in [3.8, 4) is 0 Å². The molecule has 27 heavy (non-hydrogen) atoms. The molecule has 0 spiro atoms. The zero-order chi connectivity index (χ0) is 19.0. The van der Waals surface area contributed by atoms with Gasteiger partial charge in [-0.15, -0.1) is 0 Å². The van der Waals surface area contributed by atoms with Gasteiger partial charge < -0.3 is 4.42 Å². The van der Waals surface area contributed by atoms with Crippen molar-refractivity contribution in [2.24, 2.45) is 0 Å². The summed E-state index contributed by atoms with van der Waals surface area (Å²) >= 11 is 1.40. The predicted molar refractivity (Wildman–Crippen MR) is 102 cm³/mol. The molecule has 8 nitrogen and oxygen atoms in total. The van der Waals surface area contributed by atoms with Gasteiger partial charge in [0.05, 0.1) is 30.0 Å². The van der Waals surface area contributed by atoms with Gasteiger partial charge >= 0.3 is 0 Å². The number of sulfone groups is 1. The van der Waals surface area contributed by atoms with Gasteiger partial charge in [-0.1, -0.05) is 18.3 Å². The summed E-state index contributed by atoms with van der Waals surface area (Å²) in [6.07, 6.45) is 2.91. The third-order valence-electron chi connectivity index (χ3n) is 4.67. The smallest absolute Gasteiger partial charge is 0.275 e. The Bertz CT molecular complexity index is 1100. The highest BCUT2D eigenvalue weighted by molar-refractivity contribution is 7.91. The summed E-state index contributed by atoms with van der Waals surface area (Å²) in [5.74, 6) is 1.06. The highest BCUT2D eigenvalue weighted by Crippen LogP contribution is 2.22. The Morgan fingerprint density at radius 3 is 2.93 bits per heavy atom. The van der Waals surface area contributed by atoms with Crippen molar-refractivity contribution >= 4 is 26.1 Å². The lowest BCUT2D eigenvalue weighted by Gasteiger charge is -2.26. The summed E-state index contributed by atoms with van der Waals surface area (Å²) in [6, 6.07) is 5.02. The number of aromatic nitrogens is 3. The third-order valence-corrected chi connectivity index (χ3v) is 7.47. The second kappa shape index (κ2) is 7.17. The normalized spacial score (nSPS) is 19.3. The number of hydrogen-bond donors (Lipinski definition) is 0. The van der Waals surface area contributed by atoms with E-state index in [0.717, 1.165) is 17.2 Å². The van der Waals surface area contributed by atoms with Crippen LogP contribution in [0.5, 0.6) is 0 Å². The van der Waals surface area contributed by atoms with Gasteiger partial charge in [0.1, 0.15) is 10.8 Å². The number of furan rings is 1. The Kier molecular flexibility index (Phi) is 4.87. The maximum Gasteiger partial charge on any atom is 0.275 e. The van der Waals surface area contributed by atoms with Crippen molar-refractivity contribution in [2.75, 3.05) is 11.5 Å². The molecule has 4 rings (SSSR count). The summed E-state index contributed by atoms with van der Waals surface area (Å²) in [7, 11) is -3.02. The van der Waals surface area contributed by atoms with Crippen molar-refractivity contribution in [1.82, 2.24) is 19.5 Å². The summed E-state index contributed by atoms with van der Waals surface area (Å²) in [6.45, 7) is 2.83. The molecule has 1 fully saturated rings. The molecule has 3 aromatic rings. The second-order valence-electron chi connectivity index (χ2n) is 6.67. The topological polar surface area (TPSA) is 97.8 Å². The van der Waals surface area contributed by atoms with Gasteiger partial charge in [0, 0.05) is 18.7 Å². The van der Waals surface area contributed by atoms with Crippen LogP contribution < -0.4 is 5.56 Å². The largest absolute Gasteiger partial charge is 0.468 e. The van der Waals surface area contributed by atoms with Gasteiger partial charge in [-0.05, 0) is 25.0 Å². The van der Waals surface area contributed by atoms with E-state index in [4.69, 9.17) is 4.42 Å². The highest BCUT2D eigenvalue weighted by Gasteiger charge is 2.33. The molecule has 0 aliphatic carbocycles. The van der Waals surface area contributed by atoms with E-state index in [-0.39, 0.29) is 23.1 Å². The van der Waals surface area contributed by atoms with E-state index in [0.29, 0.717) is 30.2 Å². The van der Waals surface area contributed by atoms with E-state index in [1.54, 1.807) is 12.3 Å². The lowest BCUT2D eigenvalue weighted by Crippen LogP contribution is -2.36. The summed E-state index contributed by atoms with van der Waals surface area (Å²) in [5.41, 5.74) is 0.394. The van der Waals surface area contributed by atoms with Crippen LogP contribution in [-0.2, 0) is 29.3 Å². The standard InChI is InChI=1S/C17H20N4O4S2/c1-2-15-19-21-16(22)8-12(18-17(21)26-15)9-20(10-14-4-3-6-25-14)13-5-7-27(23,24)11-13/h3-4,6,8,13H,2,5,7,9-11H2,1H3/t13-/m0/s1. The molecule has 1 aliphatic heterocycles. The first-order valence-corrected chi connectivity index (χ1v) is 11.4. The van der Waals surface area contributed by atoms with E-state index in [2.05, 4.69) is 10.1 Å². The molecule has 0 radical (unpaired) electrons. The first-order chi connectivity index (χ1) is 12.9. The zero-order valence-electron chi connectivity index (χ0n) is 14.9. The number of hydrogen-bond acceptors (Lipinski definition) is 8. The fraction of sp³-hybridized carbons (Fsp3) is 0.471. The molecule has 0 amide bonds. The van der Waals surface area contributed by atoms with E-state index in [1.807, 2.05) is 17.9 Å². The molecule has 144 valence electrons. The molecule has 0 N–H and O–H groups in total. The predicted octanol–water partition coefficient (Wildman–Crippen LogP) is 1.50. The average molecular weight is 409 g/mol. The van der Waals surface area contributed by atoms with Crippen LogP contribution in [0.1, 0.15) is 29.8 Å². The highest BCUT2D eigenvalue weighted by atomic mass is 32.2. The van der Waals surface area contributed by atoms with Crippen molar-refractivity contribution in [1.29, 1.82) is 0 Å². The number of fused-ring (bicyclic) bond motifs is 1. The van der Waals surface area contributed by atoms with Crippen molar-refractivity contribution < 1.29 is 12.8 Å². The molecule has 1 saturated heterocycles. The minimum atomic E-state index is -3.02. The lowest BCUT2D eigenvalue weighted by atomic mass is 10.2. The van der Waals surface area contributed by atoms with Gasteiger partial charge in [-0.3, -0.25) is 9.69 Å². The number of nitrogens with zero attached hydrogens (tertiary/aromatic N) is 4. The van der Waals surface area contributed by atoms with Gasteiger partial charge in [0.15, 0.2) is 9.84 Å². The first kappa shape index (κ1) is 18.3. The van der Waals surface area contributed by atoms with Crippen LogP contribution in [0.15, 0.2) is 33.7 Å². The summed E-state index contributed by atoms with van der Waals surface area (Å²) in [5, 5.41) is 5.11. The van der Waals surface area contributed by atoms with Crippen LogP contribution in [0.3, 0.4) is 0 Å². The fourth-order valence-electron chi connectivity index (χ4n) is 3.31. The SMILES string of the molecule is CCc1nn2c(=O)cc(CN(Cc3ccco3)[C@H]3CCS(=O)(=O)C3)nc2s1. The van der Waals surface area contributed by atoms with Gasteiger partial charge in [-0.25, -0.2) is 13.4 Å².